The molecule has 286 valence electrons. The van der Waals surface area contributed by atoms with Crippen molar-refractivity contribution in [1.82, 2.24) is 4.57 Å². The lowest BCUT2D eigenvalue weighted by molar-refractivity contribution is 0.340. The number of hydrogen-bond donors (Lipinski definition) is 0. The maximum atomic E-state index is 2.68. The average molecular weight is 768 g/mol. The van der Waals surface area contributed by atoms with Crippen LogP contribution in [0.3, 0.4) is 0 Å². The van der Waals surface area contributed by atoms with E-state index < -0.39 is 0 Å². The Morgan fingerprint density at radius 1 is 0.433 bits per heavy atom. The van der Waals surface area contributed by atoms with Crippen molar-refractivity contribution >= 4 is 21.8 Å². The quantitative estimate of drug-likeness (QED) is 0.169. The lowest BCUT2D eigenvalue weighted by Gasteiger charge is -2.34. The van der Waals surface area contributed by atoms with E-state index in [9.17, 15) is 0 Å². The van der Waals surface area contributed by atoms with E-state index in [1.165, 1.54) is 106 Å². The van der Waals surface area contributed by atoms with E-state index in [0.29, 0.717) is 17.8 Å². The lowest BCUT2D eigenvalue weighted by Crippen LogP contribution is -2.27. The molecule has 4 atom stereocenters. The number of nitrogens with zero attached hydrogens (tertiary/aromatic N) is 1. The Kier molecular flexibility index (Phi) is 6.14. The molecule has 1 heterocycles. The zero-order valence-corrected chi connectivity index (χ0v) is 34.6. The van der Waals surface area contributed by atoms with Crippen molar-refractivity contribution in [3.63, 3.8) is 0 Å². The number of fused-ring (bicyclic) bond motifs is 13. The summed E-state index contributed by atoms with van der Waals surface area (Å²) in [7, 11) is 0. The molecule has 1 heteroatoms. The monoisotopic (exact) mass is 767 g/mol. The number of para-hydroxylation sites is 2. The van der Waals surface area contributed by atoms with Crippen LogP contribution in [0.2, 0.25) is 0 Å². The average Bonchev–Trinajstić information content (AvgIpc) is 3.47. The van der Waals surface area contributed by atoms with Gasteiger partial charge in [0, 0.05) is 32.7 Å². The molecule has 0 aliphatic heterocycles. The van der Waals surface area contributed by atoms with Crippen molar-refractivity contribution in [2.75, 3.05) is 0 Å². The van der Waals surface area contributed by atoms with E-state index in [2.05, 4.69) is 202 Å². The largest absolute Gasteiger partial charge is 0.309 e. The molecule has 8 aromatic carbocycles. The summed E-state index contributed by atoms with van der Waals surface area (Å²) in [5.41, 5.74) is 25.2. The molecule has 60 heavy (non-hydrogen) atoms. The van der Waals surface area contributed by atoms with Crippen LogP contribution in [0.5, 0.6) is 0 Å². The summed E-state index contributed by atoms with van der Waals surface area (Å²) in [4.78, 5) is 0. The minimum absolute atomic E-state index is 0.0244. The molecule has 2 saturated carbocycles. The molecule has 2 fully saturated rings. The summed E-state index contributed by atoms with van der Waals surface area (Å²) >= 11 is 0. The van der Waals surface area contributed by atoms with Crippen molar-refractivity contribution in [2.45, 2.75) is 62.2 Å². The van der Waals surface area contributed by atoms with Gasteiger partial charge in [0.1, 0.15) is 0 Å². The number of aromatic nitrogens is 1. The van der Waals surface area contributed by atoms with Crippen molar-refractivity contribution in [3.05, 3.63) is 209 Å². The highest BCUT2D eigenvalue weighted by Gasteiger charge is 2.77. The zero-order chi connectivity index (χ0) is 39.9. The fourth-order valence-corrected chi connectivity index (χ4v) is 13.5. The van der Waals surface area contributed by atoms with Crippen LogP contribution >= 0.6 is 0 Å². The molecule has 5 aliphatic carbocycles. The van der Waals surface area contributed by atoms with E-state index in [4.69, 9.17) is 0 Å². The van der Waals surface area contributed by atoms with Gasteiger partial charge in [0.25, 0.3) is 0 Å². The summed E-state index contributed by atoms with van der Waals surface area (Å²) in [6, 6.07) is 65.5. The second-order valence-electron chi connectivity index (χ2n) is 19.7. The van der Waals surface area contributed by atoms with Crippen LogP contribution in [-0.2, 0) is 16.2 Å². The van der Waals surface area contributed by atoms with Crippen LogP contribution in [0, 0.1) is 5.92 Å². The van der Waals surface area contributed by atoms with Gasteiger partial charge in [-0.15, -0.1) is 0 Å². The fourth-order valence-electron chi connectivity index (χ4n) is 13.5. The Bertz CT molecular complexity index is 3320. The summed E-state index contributed by atoms with van der Waals surface area (Å²) in [5, 5.41) is 2.60. The second kappa shape index (κ2) is 11.0. The molecular weight excluding hydrogens is 723 g/mol. The van der Waals surface area contributed by atoms with Crippen LogP contribution < -0.4 is 0 Å². The van der Waals surface area contributed by atoms with Gasteiger partial charge in [-0.2, -0.15) is 0 Å². The molecule has 0 amide bonds. The molecule has 4 unspecified atom stereocenters. The molecule has 0 N–H and O–H groups in total. The van der Waals surface area contributed by atoms with Crippen LogP contribution in [0.1, 0.15) is 84.9 Å². The molecule has 9 aromatic rings. The second-order valence-corrected chi connectivity index (χ2v) is 19.7. The van der Waals surface area contributed by atoms with Crippen molar-refractivity contribution in [1.29, 1.82) is 0 Å². The van der Waals surface area contributed by atoms with Gasteiger partial charge in [-0.05, 0) is 150 Å². The standard InChI is InChI=1S/C59H45N/c1-57(2)48-19-11-8-16-39(48)45-31-46-44-28-35(22-25-38(44)47-33-59(52(46)32-51(45)57)55(56(47)59)34-14-6-5-7-15-34)36-23-26-40-41-27-24-37(30-50(41)58(3,4)49(40)29-36)60-53-20-12-9-17-42(53)43-18-10-13-21-54(43)60/h5-32,47,55-56H,33H2,1-4H3. The summed E-state index contributed by atoms with van der Waals surface area (Å²) < 4.78 is 2.45. The SMILES string of the molecule is CC1(C)c2cc(-c3ccc4c(c3)-c3cc5c(cc3C36CC4C3C6c3ccccc3)C(C)(C)c3ccccc3-5)ccc2-c2ccc(-n3c4ccccc4c4ccccc43)cc21. The van der Waals surface area contributed by atoms with Gasteiger partial charge in [-0.25, -0.2) is 0 Å². The molecule has 1 nitrogen and oxygen atoms in total. The van der Waals surface area contributed by atoms with Gasteiger partial charge in [-0.1, -0.05) is 155 Å². The highest BCUT2D eigenvalue weighted by atomic mass is 15.0. The first-order chi connectivity index (χ1) is 29.2. The molecular formula is C59H45N. The maximum Gasteiger partial charge on any atom is 0.0541 e. The van der Waals surface area contributed by atoms with Gasteiger partial charge in [-0.3, -0.25) is 0 Å². The Balaban J connectivity index is 0.905. The van der Waals surface area contributed by atoms with Gasteiger partial charge in [0.2, 0.25) is 0 Å². The Morgan fingerprint density at radius 3 is 1.80 bits per heavy atom. The molecule has 1 aromatic heterocycles. The third-order valence-corrected chi connectivity index (χ3v) is 16.3. The van der Waals surface area contributed by atoms with Crippen molar-refractivity contribution in [3.8, 4) is 50.2 Å². The Labute approximate surface area is 352 Å². The molecule has 5 aliphatic rings. The topological polar surface area (TPSA) is 4.93 Å². The fraction of sp³-hybridized carbons (Fsp3) is 0.186. The van der Waals surface area contributed by atoms with Crippen molar-refractivity contribution in [2.24, 2.45) is 5.92 Å². The highest BCUT2D eigenvalue weighted by molar-refractivity contribution is 6.09. The normalized spacial score (nSPS) is 22.4. The first kappa shape index (κ1) is 33.4. The molecule has 2 bridgehead atoms. The number of benzene rings is 8. The van der Waals surface area contributed by atoms with Gasteiger partial charge < -0.3 is 4.57 Å². The van der Waals surface area contributed by atoms with Crippen LogP contribution in [0.15, 0.2) is 170 Å². The summed E-state index contributed by atoms with van der Waals surface area (Å²) in [5.74, 6) is 1.82. The maximum absolute atomic E-state index is 2.68. The first-order valence-corrected chi connectivity index (χ1v) is 22.0. The predicted molar refractivity (Wildman–Crippen MR) is 248 cm³/mol. The van der Waals surface area contributed by atoms with E-state index >= 15 is 0 Å². The third kappa shape index (κ3) is 3.95. The number of hydrogen-bond acceptors (Lipinski definition) is 0. The van der Waals surface area contributed by atoms with Crippen molar-refractivity contribution < 1.29 is 0 Å². The van der Waals surface area contributed by atoms with E-state index in [1.54, 1.807) is 11.1 Å². The van der Waals surface area contributed by atoms with Gasteiger partial charge in [0.15, 0.2) is 0 Å². The number of rotatable bonds is 3. The molecule has 0 radical (unpaired) electrons. The van der Waals surface area contributed by atoms with E-state index in [0.717, 1.165) is 0 Å². The van der Waals surface area contributed by atoms with Crippen LogP contribution in [0.25, 0.3) is 72.0 Å². The molecule has 14 rings (SSSR count). The van der Waals surface area contributed by atoms with Gasteiger partial charge >= 0.3 is 0 Å². The summed E-state index contributed by atoms with van der Waals surface area (Å²) in [6.45, 7) is 9.72. The summed E-state index contributed by atoms with van der Waals surface area (Å²) in [6.07, 6.45) is 1.24. The van der Waals surface area contributed by atoms with E-state index in [1.807, 2.05) is 0 Å². The minimum atomic E-state index is -0.150. The smallest absolute Gasteiger partial charge is 0.0541 e. The first-order valence-electron chi connectivity index (χ1n) is 22.0. The molecule has 0 saturated heterocycles. The Morgan fingerprint density at radius 2 is 1.02 bits per heavy atom. The minimum Gasteiger partial charge on any atom is -0.309 e. The van der Waals surface area contributed by atoms with Crippen LogP contribution in [0.4, 0.5) is 0 Å². The third-order valence-electron chi connectivity index (χ3n) is 16.3. The molecule has 0 spiro atoms. The predicted octanol–water partition coefficient (Wildman–Crippen LogP) is 14.9. The zero-order valence-electron chi connectivity index (χ0n) is 34.6. The van der Waals surface area contributed by atoms with Crippen LogP contribution in [-0.4, -0.2) is 4.57 Å². The van der Waals surface area contributed by atoms with Gasteiger partial charge in [0.05, 0.1) is 11.0 Å². The Hall–Kier alpha value is -6.44. The lowest BCUT2D eigenvalue weighted by atomic mass is 9.69. The van der Waals surface area contributed by atoms with E-state index in [-0.39, 0.29) is 16.2 Å². The highest BCUT2D eigenvalue weighted by Crippen LogP contribution is 2.84.